The second-order valence-electron chi connectivity index (χ2n) is 6.22. The number of amides is 1. The summed E-state index contributed by atoms with van der Waals surface area (Å²) < 4.78 is 0. The number of nitrogens with one attached hydrogen (secondary N) is 1. The third-order valence-corrected chi connectivity index (χ3v) is 4.55. The van der Waals surface area contributed by atoms with Crippen LogP contribution in [0.1, 0.15) is 51.2 Å². The van der Waals surface area contributed by atoms with Gasteiger partial charge in [0.2, 0.25) is 5.91 Å². The van der Waals surface area contributed by atoms with Crippen LogP contribution in [0.5, 0.6) is 0 Å². The molecule has 1 atom stereocenters. The Hall–Kier alpha value is -1.43. The Kier molecular flexibility index (Phi) is 4.24. The Bertz CT molecular complexity index is 496. The highest BCUT2D eigenvalue weighted by atomic mass is 16.2. The van der Waals surface area contributed by atoms with E-state index in [-0.39, 0.29) is 5.91 Å². The first-order valence-electron chi connectivity index (χ1n) is 8.08. The van der Waals surface area contributed by atoms with E-state index >= 15 is 0 Å². The molecular formula is C15H25N5O. The van der Waals surface area contributed by atoms with E-state index in [1.54, 1.807) is 6.92 Å². The summed E-state index contributed by atoms with van der Waals surface area (Å²) in [6, 6.07) is 0.964. The zero-order valence-corrected chi connectivity index (χ0v) is 13.0. The number of carbonyl (C=O) groups excluding carboxylic acids is 1. The number of hydrogen-bond donors (Lipinski definition) is 1. The molecule has 1 aliphatic carbocycles. The molecule has 0 bridgehead atoms. The quantitative estimate of drug-likeness (QED) is 0.859. The number of aromatic amines is 1. The summed E-state index contributed by atoms with van der Waals surface area (Å²) in [5.41, 5.74) is 0. The molecule has 0 radical (unpaired) electrons. The van der Waals surface area contributed by atoms with Crippen LogP contribution in [0.15, 0.2) is 0 Å². The lowest BCUT2D eigenvalue weighted by Gasteiger charge is -2.30. The Morgan fingerprint density at radius 3 is 2.86 bits per heavy atom. The third-order valence-electron chi connectivity index (χ3n) is 4.55. The van der Waals surface area contributed by atoms with Crippen molar-refractivity contribution in [2.75, 3.05) is 13.1 Å². The molecule has 1 aromatic rings. The fourth-order valence-electron chi connectivity index (χ4n) is 3.21. The van der Waals surface area contributed by atoms with Crippen LogP contribution in [0.2, 0.25) is 0 Å². The molecule has 2 heterocycles. The summed E-state index contributed by atoms with van der Waals surface area (Å²) in [7, 11) is 0. The Balaban J connectivity index is 1.60. The molecular weight excluding hydrogens is 266 g/mol. The zero-order valence-electron chi connectivity index (χ0n) is 13.0. The fraction of sp³-hybridized carbons (Fsp3) is 0.800. The highest BCUT2D eigenvalue weighted by Gasteiger charge is 2.35. The van der Waals surface area contributed by atoms with Gasteiger partial charge in [0.15, 0.2) is 0 Å². The predicted molar refractivity (Wildman–Crippen MR) is 79.6 cm³/mol. The number of likely N-dealkylation sites (tertiary alicyclic amines) is 1. The molecule has 0 unspecified atom stereocenters. The highest BCUT2D eigenvalue weighted by molar-refractivity contribution is 5.74. The van der Waals surface area contributed by atoms with E-state index < -0.39 is 0 Å². The lowest BCUT2D eigenvalue weighted by molar-refractivity contribution is -0.130. The van der Waals surface area contributed by atoms with Crippen LogP contribution in [-0.2, 0) is 17.8 Å². The van der Waals surface area contributed by atoms with Gasteiger partial charge in [-0.3, -0.25) is 14.8 Å². The van der Waals surface area contributed by atoms with Gasteiger partial charge < -0.3 is 4.90 Å². The number of aryl methyl sites for hydroxylation is 1. The van der Waals surface area contributed by atoms with Crippen LogP contribution in [0.3, 0.4) is 0 Å². The lowest BCUT2D eigenvalue weighted by atomic mass is 10.2. The maximum atomic E-state index is 11.8. The SMILES string of the molecule is CCc1n[nH]c(CN2CCC[C@H]2CN(C(C)=O)C2CC2)n1. The monoisotopic (exact) mass is 291 g/mol. The van der Waals surface area contributed by atoms with E-state index in [9.17, 15) is 4.79 Å². The summed E-state index contributed by atoms with van der Waals surface area (Å²) in [5.74, 6) is 2.04. The molecule has 6 nitrogen and oxygen atoms in total. The van der Waals surface area contributed by atoms with Gasteiger partial charge in [-0.2, -0.15) is 5.10 Å². The molecule has 2 aliphatic rings. The van der Waals surface area contributed by atoms with Crippen LogP contribution in [-0.4, -0.2) is 56.1 Å². The minimum atomic E-state index is 0.220. The number of carbonyl (C=O) groups is 1. The van der Waals surface area contributed by atoms with Crippen LogP contribution < -0.4 is 0 Å². The molecule has 1 saturated heterocycles. The highest BCUT2D eigenvalue weighted by Crippen LogP contribution is 2.29. The van der Waals surface area contributed by atoms with Gasteiger partial charge >= 0.3 is 0 Å². The first-order valence-corrected chi connectivity index (χ1v) is 8.08. The second kappa shape index (κ2) is 6.13. The van der Waals surface area contributed by atoms with Crippen molar-refractivity contribution in [3.63, 3.8) is 0 Å². The third kappa shape index (κ3) is 3.43. The average Bonchev–Trinajstić information content (AvgIpc) is 3.04. The van der Waals surface area contributed by atoms with Crippen molar-refractivity contribution < 1.29 is 4.79 Å². The maximum absolute atomic E-state index is 11.8. The number of H-pyrrole nitrogens is 1. The Morgan fingerprint density at radius 2 is 2.24 bits per heavy atom. The largest absolute Gasteiger partial charge is 0.338 e. The van der Waals surface area contributed by atoms with E-state index in [1.807, 2.05) is 0 Å². The van der Waals surface area contributed by atoms with E-state index in [0.29, 0.717) is 12.1 Å². The van der Waals surface area contributed by atoms with Gasteiger partial charge in [-0.05, 0) is 32.2 Å². The molecule has 3 rings (SSSR count). The van der Waals surface area contributed by atoms with Gasteiger partial charge in [0, 0.05) is 32.0 Å². The first-order chi connectivity index (χ1) is 10.2. The van der Waals surface area contributed by atoms with E-state index in [4.69, 9.17) is 0 Å². The molecule has 1 saturated carbocycles. The molecule has 21 heavy (non-hydrogen) atoms. The summed E-state index contributed by atoms with van der Waals surface area (Å²) in [5, 5.41) is 7.23. The lowest BCUT2D eigenvalue weighted by Crippen LogP contribution is -2.43. The molecule has 6 heteroatoms. The van der Waals surface area contributed by atoms with Crippen molar-refractivity contribution in [1.29, 1.82) is 0 Å². The summed E-state index contributed by atoms with van der Waals surface area (Å²) in [6.45, 7) is 6.53. The topological polar surface area (TPSA) is 65.1 Å². The van der Waals surface area contributed by atoms with Gasteiger partial charge in [-0.25, -0.2) is 4.98 Å². The van der Waals surface area contributed by atoms with Crippen LogP contribution in [0.25, 0.3) is 0 Å². The van der Waals surface area contributed by atoms with Crippen LogP contribution >= 0.6 is 0 Å². The second-order valence-corrected chi connectivity index (χ2v) is 6.22. The number of aromatic nitrogens is 3. The zero-order chi connectivity index (χ0) is 14.8. The number of rotatable bonds is 6. The van der Waals surface area contributed by atoms with Gasteiger partial charge in [-0.15, -0.1) is 0 Å². The van der Waals surface area contributed by atoms with E-state index in [2.05, 4.69) is 31.9 Å². The minimum Gasteiger partial charge on any atom is -0.338 e. The molecule has 0 spiro atoms. The van der Waals surface area contributed by atoms with Gasteiger partial charge in [-0.1, -0.05) is 6.92 Å². The Morgan fingerprint density at radius 1 is 1.43 bits per heavy atom. The minimum absolute atomic E-state index is 0.220. The van der Waals surface area contributed by atoms with E-state index in [1.165, 1.54) is 25.7 Å². The molecule has 116 valence electrons. The summed E-state index contributed by atoms with van der Waals surface area (Å²) in [4.78, 5) is 20.8. The van der Waals surface area contributed by atoms with Gasteiger partial charge in [0.05, 0.1) is 6.54 Å². The van der Waals surface area contributed by atoms with Crippen LogP contribution in [0, 0.1) is 0 Å². The van der Waals surface area contributed by atoms with E-state index in [0.717, 1.165) is 37.7 Å². The van der Waals surface area contributed by atoms with Crippen molar-refractivity contribution >= 4 is 5.91 Å². The van der Waals surface area contributed by atoms with Crippen LogP contribution in [0.4, 0.5) is 0 Å². The molecule has 1 N–H and O–H groups in total. The summed E-state index contributed by atoms with van der Waals surface area (Å²) in [6.07, 6.45) is 5.59. The maximum Gasteiger partial charge on any atom is 0.219 e. The normalized spacial score (nSPS) is 22.7. The fourth-order valence-corrected chi connectivity index (χ4v) is 3.21. The van der Waals surface area contributed by atoms with Gasteiger partial charge in [0.1, 0.15) is 11.6 Å². The molecule has 0 aromatic carbocycles. The summed E-state index contributed by atoms with van der Waals surface area (Å²) >= 11 is 0. The molecule has 1 amide bonds. The molecule has 2 fully saturated rings. The Labute approximate surface area is 125 Å². The molecule has 1 aromatic heterocycles. The van der Waals surface area contributed by atoms with Crippen molar-refractivity contribution in [3.05, 3.63) is 11.6 Å². The first kappa shape index (κ1) is 14.5. The number of nitrogens with zero attached hydrogens (tertiary/aromatic N) is 4. The predicted octanol–water partition coefficient (Wildman–Crippen LogP) is 1.34. The smallest absolute Gasteiger partial charge is 0.219 e. The number of hydrogen-bond acceptors (Lipinski definition) is 4. The standard InChI is InChI=1S/C15H25N5O/c1-3-14-16-15(18-17-14)10-19-8-4-5-13(19)9-20(11(2)21)12-6-7-12/h12-13H,3-10H2,1-2H3,(H,16,17,18)/t13-/m0/s1. The molecule has 1 aliphatic heterocycles. The van der Waals surface area contributed by atoms with Crippen molar-refractivity contribution in [2.24, 2.45) is 0 Å². The van der Waals surface area contributed by atoms with Crippen molar-refractivity contribution in [3.8, 4) is 0 Å². The van der Waals surface area contributed by atoms with Crippen molar-refractivity contribution in [2.45, 2.75) is 64.6 Å². The van der Waals surface area contributed by atoms with Gasteiger partial charge in [0.25, 0.3) is 0 Å². The van der Waals surface area contributed by atoms with Crippen molar-refractivity contribution in [1.82, 2.24) is 25.0 Å². The average molecular weight is 291 g/mol.